The fraction of sp³-hybridized carbons (Fsp3) is 0.292. The van der Waals surface area contributed by atoms with Gasteiger partial charge in [0.15, 0.2) is 12.0 Å². The Morgan fingerprint density at radius 3 is 2.47 bits per heavy atom. The first kappa shape index (κ1) is 21.6. The van der Waals surface area contributed by atoms with Gasteiger partial charge in [-0.2, -0.15) is 0 Å². The summed E-state index contributed by atoms with van der Waals surface area (Å²) >= 11 is 0. The molecule has 0 aliphatic carbocycles. The van der Waals surface area contributed by atoms with E-state index in [9.17, 15) is 14.4 Å². The molecule has 2 aromatic carbocycles. The Labute approximate surface area is 184 Å². The average Bonchev–Trinajstić information content (AvgIpc) is 3.04. The highest BCUT2D eigenvalue weighted by Crippen LogP contribution is 2.38. The van der Waals surface area contributed by atoms with Crippen LogP contribution >= 0.6 is 0 Å². The zero-order chi connectivity index (χ0) is 23.0. The molecule has 8 nitrogen and oxygen atoms in total. The van der Waals surface area contributed by atoms with E-state index in [4.69, 9.17) is 19.6 Å². The molecule has 1 aliphatic heterocycles. The smallest absolute Gasteiger partial charge is 0.290 e. The average molecular weight is 436 g/mol. The van der Waals surface area contributed by atoms with Crippen molar-refractivity contribution in [2.24, 2.45) is 5.73 Å². The summed E-state index contributed by atoms with van der Waals surface area (Å²) in [5.41, 5.74) is 8.27. The third-order valence-corrected chi connectivity index (χ3v) is 5.70. The van der Waals surface area contributed by atoms with Crippen LogP contribution in [0.5, 0.6) is 5.75 Å². The number of ether oxygens (including phenoxy) is 2. The number of methoxy groups -OCH3 is 1. The van der Waals surface area contributed by atoms with E-state index in [1.165, 1.54) is 0 Å². The summed E-state index contributed by atoms with van der Waals surface area (Å²) in [6.07, 6.45) is 0. The number of fused-ring (bicyclic) bond motifs is 2. The minimum atomic E-state index is -0.625. The van der Waals surface area contributed by atoms with Crippen LogP contribution in [0.3, 0.4) is 0 Å². The van der Waals surface area contributed by atoms with Crippen LogP contribution in [0.15, 0.2) is 45.6 Å². The summed E-state index contributed by atoms with van der Waals surface area (Å²) in [4.78, 5) is 39.3. The molecule has 0 radical (unpaired) electrons. The highest BCUT2D eigenvalue weighted by molar-refractivity contribution is 5.99. The van der Waals surface area contributed by atoms with Crippen LogP contribution in [-0.2, 0) is 9.53 Å². The maximum absolute atomic E-state index is 13.5. The van der Waals surface area contributed by atoms with Crippen LogP contribution in [0.4, 0.5) is 0 Å². The maximum atomic E-state index is 13.5. The number of primary amides is 1. The minimum absolute atomic E-state index is 0.0564. The predicted octanol–water partition coefficient (Wildman–Crippen LogP) is 2.47. The molecule has 0 saturated carbocycles. The van der Waals surface area contributed by atoms with Gasteiger partial charge in [0.2, 0.25) is 5.76 Å². The molecule has 2 amide bonds. The van der Waals surface area contributed by atoms with Gasteiger partial charge < -0.3 is 24.5 Å². The first-order valence-electron chi connectivity index (χ1n) is 10.2. The zero-order valence-corrected chi connectivity index (χ0v) is 18.1. The van der Waals surface area contributed by atoms with Gasteiger partial charge in [-0.15, -0.1) is 0 Å². The van der Waals surface area contributed by atoms with Crippen molar-refractivity contribution in [1.82, 2.24) is 4.90 Å². The lowest BCUT2D eigenvalue weighted by atomic mass is 9.97. The lowest BCUT2D eigenvalue weighted by molar-refractivity contribution is -0.119. The molecule has 2 heterocycles. The number of carbonyl (C=O) groups excluding carboxylic acids is 2. The number of carbonyl (C=O) groups is 2. The summed E-state index contributed by atoms with van der Waals surface area (Å²) in [5.74, 6) is -0.420. The highest BCUT2D eigenvalue weighted by atomic mass is 16.5. The normalized spacial score (nSPS) is 15.3. The quantitative estimate of drug-likeness (QED) is 0.609. The molecule has 0 fully saturated rings. The van der Waals surface area contributed by atoms with E-state index >= 15 is 0 Å². The molecule has 8 heteroatoms. The standard InChI is InChI=1S/C24H24N2O6/c1-13-10-17-18(11-14(13)2)32-23-20(22(17)28)21(26(24(23)29)8-9-30-3)15-4-6-16(7-5-15)31-12-19(25)27/h4-7,10-11,21H,8-9,12H2,1-3H3,(H2,25,27)/t21-/m1/s1. The van der Waals surface area contributed by atoms with Crippen molar-refractivity contribution in [3.8, 4) is 5.75 Å². The van der Waals surface area contributed by atoms with Gasteiger partial charge in [-0.05, 0) is 54.8 Å². The van der Waals surface area contributed by atoms with Crippen LogP contribution in [0.2, 0.25) is 0 Å². The molecule has 1 aromatic heterocycles. The van der Waals surface area contributed by atoms with Crippen LogP contribution in [0.1, 0.15) is 38.9 Å². The van der Waals surface area contributed by atoms with E-state index in [0.717, 1.165) is 16.7 Å². The van der Waals surface area contributed by atoms with Crippen molar-refractivity contribution in [1.29, 1.82) is 0 Å². The van der Waals surface area contributed by atoms with Gasteiger partial charge in [0, 0.05) is 13.7 Å². The molecular weight excluding hydrogens is 412 g/mol. The molecular formula is C24H24N2O6. The van der Waals surface area contributed by atoms with Crippen LogP contribution in [0.25, 0.3) is 11.0 Å². The minimum Gasteiger partial charge on any atom is -0.484 e. The number of nitrogens with two attached hydrogens (primary N) is 1. The Morgan fingerprint density at radius 1 is 1.12 bits per heavy atom. The molecule has 0 unspecified atom stereocenters. The molecule has 4 rings (SSSR count). The maximum Gasteiger partial charge on any atom is 0.290 e. The van der Waals surface area contributed by atoms with Gasteiger partial charge >= 0.3 is 0 Å². The van der Waals surface area contributed by atoms with E-state index in [0.29, 0.717) is 28.9 Å². The molecule has 166 valence electrons. The number of hydrogen-bond acceptors (Lipinski definition) is 6. The second-order valence-corrected chi connectivity index (χ2v) is 7.82. The zero-order valence-electron chi connectivity index (χ0n) is 18.1. The fourth-order valence-corrected chi connectivity index (χ4v) is 3.94. The summed E-state index contributed by atoms with van der Waals surface area (Å²) in [6, 6.07) is 9.82. The van der Waals surface area contributed by atoms with Gasteiger partial charge in [0.05, 0.1) is 23.6 Å². The lowest BCUT2D eigenvalue weighted by Crippen LogP contribution is -2.32. The number of aryl methyl sites for hydroxylation is 2. The van der Waals surface area contributed by atoms with Crippen LogP contribution < -0.4 is 15.9 Å². The molecule has 1 aliphatic rings. The Bertz CT molecular complexity index is 1260. The van der Waals surface area contributed by atoms with E-state index in [2.05, 4.69) is 0 Å². The van der Waals surface area contributed by atoms with Gasteiger partial charge in [0.25, 0.3) is 11.8 Å². The Kier molecular flexibility index (Phi) is 5.71. The SMILES string of the molecule is COCCN1C(=O)c2oc3cc(C)c(C)cc3c(=O)c2[C@H]1c1ccc(OCC(N)=O)cc1. The monoisotopic (exact) mass is 436 g/mol. The van der Waals surface area contributed by atoms with Crippen molar-refractivity contribution in [3.63, 3.8) is 0 Å². The fourth-order valence-electron chi connectivity index (χ4n) is 3.94. The summed E-state index contributed by atoms with van der Waals surface area (Å²) < 4.78 is 16.5. The Morgan fingerprint density at radius 2 is 1.81 bits per heavy atom. The molecule has 0 saturated heterocycles. The molecule has 32 heavy (non-hydrogen) atoms. The molecule has 3 aromatic rings. The third kappa shape index (κ3) is 3.73. The molecule has 0 spiro atoms. The number of rotatable bonds is 7. The van der Waals surface area contributed by atoms with Gasteiger partial charge in [0.1, 0.15) is 11.3 Å². The second-order valence-electron chi connectivity index (χ2n) is 7.82. The predicted molar refractivity (Wildman–Crippen MR) is 118 cm³/mol. The second kappa shape index (κ2) is 8.47. The third-order valence-electron chi connectivity index (χ3n) is 5.70. The van der Waals surface area contributed by atoms with Crippen LogP contribution in [-0.4, -0.2) is 43.6 Å². The van der Waals surface area contributed by atoms with Gasteiger partial charge in [-0.25, -0.2) is 0 Å². The van der Waals surface area contributed by atoms with E-state index < -0.39 is 11.9 Å². The van der Waals surface area contributed by atoms with E-state index in [1.54, 1.807) is 48.4 Å². The number of hydrogen-bond donors (Lipinski definition) is 1. The largest absolute Gasteiger partial charge is 0.484 e. The first-order chi connectivity index (χ1) is 15.3. The molecule has 1 atom stereocenters. The summed E-state index contributed by atoms with van der Waals surface area (Å²) in [7, 11) is 1.55. The number of amides is 2. The van der Waals surface area contributed by atoms with Gasteiger partial charge in [-0.1, -0.05) is 12.1 Å². The number of benzene rings is 2. The van der Waals surface area contributed by atoms with Crippen molar-refractivity contribution in [3.05, 3.63) is 74.6 Å². The lowest BCUT2D eigenvalue weighted by Gasteiger charge is -2.25. The summed E-state index contributed by atoms with van der Waals surface area (Å²) in [6.45, 7) is 4.22. The van der Waals surface area contributed by atoms with E-state index in [1.807, 2.05) is 13.8 Å². The Hall–Kier alpha value is -3.65. The first-order valence-corrected chi connectivity index (χ1v) is 10.2. The topological polar surface area (TPSA) is 112 Å². The van der Waals surface area contributed by atoms with Crippen molar-refractivity contribution in [2.45, 2.75) is 19.9 Å². The highest BCUT2D eigenvalue weighted by Gasteiger charge is 2.42. The van der Waals surface area contributed by atoms with E-state index in [-0.39, 0.29) is 30.2 Å². The summed E-state index contributed by atoms with van der Waals surface area (Å²) in [5, 5.41) is 0.444. The Balaban J connectivity index is 1.84. The van der Waals surface area contributed by atoms with Crippen molar-refractivity contribution >= 4 is 22.8 Å². The molecule has 2 N–H and O–H groups in total. The number of nitrogens with zero attached hydrogens (tertiary/aromatic N) is 1. The van der Waals surface area contributed by atoms with Gasteiger partial charge in [-0.3, -0.25) is 14.4 Å². The van der Waals surface area contributed by atoms with Crippen molar-refractivity contribution < 1.29 is 23.5 Å². The van der Waals surface area contributed by atoms with Crippen LogP contribution in [0, 0.1) is 13.8 Å². The van der Waals surface area contributed by atoms with Crippen molar-refractivity contribution in [2.75, 3.05) is 26.9 Å². The molecule has 0 bridgehead atoms.